The van der Waals surface area contributed by atoms with Crippen molar-refractivity contribution in [2.45, 2.75) is 6.61 Å². The van der Waals surface area contributed by atoms with Crippen LogP contribution in [0.2, 0.25) is 10.2 Å². The van der Waals surface area contributed by atoms with Gasteiger partial charge in [-0.2, -0.15) is 0 Å². The van der Waals surface area contributed by atoms with Crippen molar-refractivity contribution in [1.82, 2.24) is 4.98 Å². The Hall–Kier alpha value is -1.62. The number of ether oxygens (including phenoxy) is 1. The van der Waals surface area contributed by atoms with E-state index < -0.39 is 5.97 Å². The van der Waals surface area contributed by atoms with E-state index in [0.717, 1.165) is 15.6 Å². The number of fused-ring (bicyclic) bond motifs is 1. The van der Waals surface area contributed by atoms with Crippen LogP contribution in [0.15, 0.2) is 41.8 Å². The fourth-order valence-corrected chi connectivity index (χ4v) is 3.20. The molecule has 0 aliphatic rings. The van der Waals surface area contributed by atoms with Gasteiger partial charge in [-0.15, -0.1) is 11.3 Å². The van der Waals surface area contributed by atoms with Crippen molar-refractivity contribution in [2.75, 3.05) is 0 Å². The highest BCUT2D eigenvalue weighted by Crippen LogP contribution is 2.26. The van der Waals surface area contributed by atoms with E-state index in [1.807, 2.05) is 29.6 Å². The molecule has 0 aliphatic carbocycles. The van der Waals surface area contributed by atoms with Gasteiger partial charge in [0.2, 0.25) is 0 Å². The maximum absolute atomic E-state index is 12.0. The molecule has 3 nitrogen and oxygen atoms in total. The summed E-state index contributed by atoms with van der Waals surface area (Å²) in [5.41, 5.74) is 0.991. The second-order valence-corrected chi connectivity index (χ2v) is 6.00. The van der Waals surface area contributed by atoms with Crippen molar-refractivity contribution in [2.24, 2.45) is 0 Å². The SMILES string of the molecule is O=C(OCc1csc2ccccc12)c1nc(Cl)ccc1Cl. The average molecular weight is 338 g/mol. The van der Waals surface area contributed by atoms with Crippen LogP contribution in [0.4, 0.5) is 0 Å². The number of esters is 1. The average Bonchev–Trinajstić information content (AvgIpc) is 2.90. The zero-order valence-corrected chi connectivity index (χ0v) is 13.0. The van der Waals surface area contributed by atoms with Gasteiger partial charge in [-0.3, -0.25) is 0 Å². The van der Waals surface area contributed by atoms with Crippen LogP contribution < -0.4 is 0 Å². The standard InChI is InChI=1S/C15H9Cl2NO2S/c16-11-5-6-13(17)18-14(11)15(19)20-7-9-8-21-12-4-2-1-3-10(9)12/h1-6,8H,7H2. The highest BCUT2D eigenvalue weighted by molar-refractivity contribution is 7.17. The third kappa shape index (κ3) is 3.02. The smallest absolute Gasteiger partial charge is 0.358 e. The number of carbonyl (C=O) groups is 1. The van der Waals surface area contributed by atoms with E-state index in [1.54, 1.807) is 11.3 Å². The summed E-state index contributed by atoms with van der Waals surface area (Å²) >= 11 is 13.3. The van der Waals surface area contributed by atoms with Crippen molar-refractivity contribution < 1.29 is 9.53 Å². The van der Waals surface area contributed by atoms with Gasteiger partial charge in [-0.25, -0.2) is 9.78 Å². The summed E-state index contributed by atoms with van der Waals surface area (Å²) in [6.07, 6.45) is 0. The third-order valence-electron chi connectivity index (χ3n) is 2.93. The molecule has 21 heavy (non-hydrogen) atoms. The van der Waals surface area contributed by atoms with Crippen LogP contribution >= 0.6 is 34.5 Å². The van der Waals surface area contributed by atoms with Gasteiger partial charge in [-0.1, -0.05) is 41.4 Å². The van der Waals surface area contributed by atoms with Crippen molar-refractivity contribution in [1.29, 1.82) is 0 Å². The molecule has 0 radical (unpaired) electrons. The first-order valence-corrected chi connectivity index (χ1v) is 7.73. The maximum atomic E-state index is 12.0. The first-order chi connectivity index (χ1) is 10.1. The summed E-state index contributed by atoms with van der Waals surface area (Å²) in [5.74, 6) is -0.585. The highest BCUT2D eigenvalue weighted by Gasteiger charge is 2.15. The summed E-state index contributed by atoms with van der Waals surface area (Å²) in [5, 5.41) is 3.48. The van der Waals surface area contributed by atoms with Gasteiger partial charge in [0.1, 0.15) is 11.8 Å². The lowest BCUT2D eigenvalue weighted by molar-refractivity contribution is 0.0468. The molecule has 0 N–H and O–H groups in total. The zero-order chi connectivity index (χ0) is 14.8. The molecule has 0 bridgehead atoms. The number of thiophene rings is 1. The largest absolute Gasteiger partial charge is 0.456 e. The molecule has 0 atom stereocenters. The fourth-order valence-electron chi connectivity index (χ4n) is 1.92. The Morgan fingerprint density at radius 2 is 2.00 bits per heavy atom. The van der Waals surface area contributed by atoms with Crippen molar-refractivity contribution in [3.05, 3.63) is 63.2 Å². The Bertz CT molecular complexity index is 816. The molecule has 3 rings (SSSR count). The Morgan fingerprint density at radius 3 is 2.86 bits per heavy atom. The Labute approximate surface area is 135 Å². The quantitative estimate of drug-likeness (QED) is 0.500. The number of hydrogen-bond donors (Lipinski definition) is 0. The number of pyridine rings is 1. The molecule has 0 spiro atoms. The molecule has 0 saturated carbocycles. The predicted molar refractivity (Wildman–Crippen MR) is 85.2 cm³/mol. The van der Waals surface area contributed by atoms with E-state index >= 15 is 0 Å². The summed E-state index contributed by atoms with van der Waals surface area (Å²) < 4.78 is 6.43. The van der Waals surface area contributed by atoms with Crippen molar-refractivity contribution in [3.63, 3.8) is 0 Å². The predicted octanol–water partition coefficient (Wildman–Crippen LogP) is 4.96. The van der Waals surface area contributed by atoms with Gasteiger partial charge >= 0.3 is 5.97 Å². The molecule has 1 aromatic carbocycles. The molecular weight excluding hydrogens is 329 g/mol. The van der Waals surface area contributed by atoms with E-state index in [-0.39, 0.29) is 22.5 Å². The van der Waals surface area contributed by atoms with Crippen LogP contribution in [0.5, 0.6) is 0 Å². The molecule has 106 valence electrons. The minimum Gasteiger partial charge on any atom is -0.456 e. The molecule has 6 heteroatoms. The van der Waals surface area contributed by atoms with Gasteiger partial charge in [0, 0.05) is 10.3 Å². The summed E-state index contributed by atoms with van der Waals surface area (Å²) in [7, 11) is 0. The number of hydrogen-bond acceptors (Lipinski definition) is 4. The molecular formula is C15H9Cl2NO2S. The number of halogens is 2. The molecule has 0 aliphatic heterocycles. The molecule has 0 unspecified atom stereocenters. The number of aromatic nitrogens is 1. The lowest BCUT2D eigenvalue weighted by Gasteiger charge is -2.05. The second kappa shape index (κ2) is 6.02. The number of carbonyl (C=O) groups excluding carboxylic acids is 1. The van der Waals surface area contributed by atoms with Gasteiger partial charge in [0.25, 0.3) is 0 Å². The monoisotopic (exact) mass is 337 g/mol. The second-order valence-electron chi connectivity index (χ2n) is 4.30. The van der Waals surface area contributed by atoms with Crippen molar-refractivity contribution >= 4 is 50.6 Å². The van der Waals surface area contributed by atoms with Gasteiger partial charge in [0.15, 0.2) is 5.69 Å². The van der Waals surface area contributed by atoms with E-state index in [0.29, 0.717) is 0 Å². The van der Waals surface area contributed by atoms with Gasteiger partial charge in [0.05, 0.1) is 5.02 Å². The van der Waals surface area contributed by atoms with Gasteiger partial charge in [-0.05, 0) is 29.0 Å². The minimum atomic E-state index is -0.585. The fraction of sp³-hybridized carbons (Fsp3) is 0.0667. The maximum Gasteiger partial charge on any atom is 0.358 e. The zero-order valence-electron chi connectivity index (χ0n) is 10.7. The molecule has 2 aromatic heterocycles. The summed E-state index contributed by atoms with van der Waals surface area (Å²) in [6, 6.07) is 11.0. The van der Waals surface area contributed by atoms with Crippen molar-refractivity contribution in [3.8, 4) is 0 Å². The molecule has 0 amide bonds. The lowest BCUT2D eigenvalue weighted by Crippen LogP contribution is -2.08. The van der Waals surface area contributed by atoms with E-state index in [9.17, 15) is 4.79 Å². The summed E-state index contributed by atoms with van der Waals surface area (Å²) in [6.45, 7) is 0.174. The van der Waals surface area contributed by atoms with Crippen LogP contribution in [-0.4, -0.2) is 11.0 Å². The topological polar surface area (TPSA) is 39.2 Å². The number of benzene rings is 1. The highest BCUT2D eigenvalue weighted by atomic mass is 35.5. The van der Waals surface area contributed by atoms with Crippen LogP contribution in [0.3, 0.4) is 0 Å². The van der Waals surface area contributed by atoms with E-state index in [4.69, 9.17) is 27.9 Å². The summed E-state index contributed by atoms with van der Waals surface area (Å²) in [4.78, 5) is 15.9. The van der Waals surface area contributed by atoms with Crippen LogP contribution in [0, 0.1) is 0 Å². The normalized spacial score (nSPS) is 10.8. The molecule has 3 aromatic rings. The Balaban J connectivity index is 1.78. The van der Waals surface area contributed by atoms with Crippen LogP contribution in [-0.2, 0) is 11.3 Å². The lowest BCUT2D eigenvalue weighted by atomic mass is 10.2. The van der Waals surface area contributed by atoms with Crippen LogP contribution in [0.25, 0.3) is 10.1 Å². The first kappa shape index (κ1) is 14.3. The Kier molecular flexibility index (Phi) is 4.10. The Morgan fingerprint density at radius 1 is 1.19 bits per heavy atom. The van der Waals surface area contributed by atoms with Crippen LogP contribution in [0.1, 0.15) is 16.1 Å². The first-order valence-electron chi connectivity index (χ1n) is 6.09. The van der Waals surface area contributed by atoms with E-state index in [2.05, 4.69) is 4.98 Å². The minimum absolute atomic E-state index is 0.0312. The van der Waals surface area contributed by atoms with E-state index in [1.165, 1.54) is 12.1 Å². The third-order valence-corrected chi connectivity index (χ3v) is 4.45. The molecule has 0 saturated heterocycles. The van der Waals surface area contributed by atoms with Gasteiger partial charge < -0.3 is 4.74 Å². The molecule has 2 heterocycles. The number of nitrogens with zero attached hydrogens (tertiary/aromatic N) is 1. The number of rotatable bonds is 3. The molecule has 0 fully saturated rings.